The summed E-state index contributed by atoms with van der Waals surface area (Å²) in [5.41, 5.74) is 3.15. The van der Waals surface area contributed by atoms with E-state index in [-0.39, 0.29) is 29.4 Å². The summed E-state index contributed by atoms with van der Waals surface area (Å²) < 4.78 is 6.66. The minimum absolute atomic E-state index is 0.120. The van der Waals surface area contributed by atoms with E-state index in [1.54, 1.807) is 54.6 Å². The molecule has 1 aliphatic carbocycles. The fourth-order valence-corrected chi connectivity index (χ4v) is 6.79. The maximum absolute atomic E-state index is 13.7. The summed E-state index contributed by atoms with van der Waals surface area (Å²) in [6, 6.07) is 23.1. The second-order valence-electron chi connectivity index (χ2n) is 11.8. The lowest BCUT2D eigenvalue weighted by Crippen LogP contribution is -2.30. The summed E-state index contributed by atoms with van der Waals surface area (Å²) in [6.07, 6.45) is 2.60. The summed E-state index contributed by atoms with van der Waals surface area (Å²) in [5.74, 6) is -1.14. The molecule has 1 aromatic heterocycles. The molecule has 44 heavy (non-hydrogen) atoms. The monoisotopic (exact) mass is 652 g/mol. The zero-order chi connectivity index (χ0) is 31.0. The molecule has 4 atom stereocenters. The third-order valence-electron chi connectivity index (χ3n) is 8.75. The van der Waals surface area contributed by atoms with Crippen LogP contribution in [0.5, 0.6) is 0 Å². The van der Waals surface area contributed by atoms with Crippen molar-refractivity contribution in [1.29, 1.82) is 0 Å². The third-order valence-corrected chi connectivity index (χ3v) is 9.24. The van der Waals surface area contributed by atoms with Crippen LogP contribution in [0.2, 0.25) is 0 Å². The molecule has 4 aromatic rings. The van der Waals surface area contributed by atoms with Crippen molar-refractivity contribution in [2.24, 2.45) is 17.8 Å². The second kappa shape index (κ2) is 12.4. The fourth-order valence-electron chi connectivity index (χ4n) is 6.43. The van der Waals surface area contributed by atoms with Crippen molar-refractivity contribution in [1.82, 2.24) is 4.98 Å². The molecule has 0 N–H and O–H groups in total. The minimum atomic E-state index is -0.921. The van der Waals surface area contributed by atoms with Gasteiger partial charge in [0.25, 0.3) is 0 Å². The summed E-state index contributed by atoms with van der Waals surface area (Å²) >= 11 is 3.49. The van der Waals surface area contributed by atoms with E-state index >= 15 is 0 Å². The number of imide groups is 1. The number of rotatable bonds is 8. The Balaban J connectivity index is 1.31. The predicted octanol–water partition coefficient (Wildman–Crippen LogP) is 7.80. The summed E-state index contributed by atoms with van der Waals surface area (Å²) in [6.45, 7) is 4.08. The number of Topliss-reactive ketones (excluding diaryl/α,β-unsaturated/α-hetero) is 1. The quantitative estimate of drug-likeness (QED) is 0.110. The van der Waals surface area contributed by atoms with Gasteiger partial charge in [0.15, 0.2) is 6.10 Å². The van der Waals surface area contributed by atoms with Gasteiger partial charge in [-0.1, -0.05) is 78.7 Å². The Hall–Kier alpha value is -4.17. The van der Waals surface area contributed by atoms with Crippen LogP contribution in [0.3, 0.4) is 0 Å². The van der Waals surface area contributed by atoms with Gasteiger partial charge in [0.1, 0.15) is 0 Å². The molecule has 0 bridgehead atoms. The van der Waals surface area contributed by atoms with Crippen LogP contribution >= 0.6 is 15.9 Å². The molecule has 1 saturated heterocycles. The highest BCUT2D eigenvalue weighted by Gasteiger charge is 2.49. The molecule has 3 aromatic carbocycles. The number of pyridine rings is 1. The molecule has 1 saturated carbocycles. The van der Waals surface area contributed by atoms with Crippen LogP contribution in [-0.2, 0) is 14.3 Å². The van der Waals surface area contributed by atoms with Gasteiger partial charge in [-0.05, 0) is 68.0 Å². The fraction of sp³-hybridized carbons (Fsp3) is 0.306. The molecular formula is C36H33BrN2O5. The molecule has 7 nitrogen and oxygen atoms in total. The number of fused-ring (bicyclic) bond motifs is 2. The third kappa shape index (κ3) is 5.71. The summed E-state index contributed by atoms with van der Waals surface area (Å²) in [5, 5.41) is 0.595. The lowest BCUT2D eigenvalue weighted by atomic mass is 9.76. The number of halogens is 1. The maximum atomic E-state index is 13.7. The Morgan fingerprint density at radius 1 is 0.955 bits per heavy atom. The normalized spacial score (nSPS) is 20.4. The number of aromatic nitrogens is 1. The molecule has 2 amide bonds. The van der Waals surface area contributed by atoms with Crippen molar-refractivity contribution in [3.8, 4) is 11.3 Å². The Morgan fingerprint density at radius 3 is 2.41 bits per heavy atom. The van der Waals surface area contributed by atoms with Gasteiger partial charge in [0.2, 0.25) is 17.6 Å². The molecule has 0 radical (unpaired) electrons. The number of hydrogen-bond acceptors (Lipinski definition) is 6. The number of carbonyl (C=O) groups is 4. The zero-order valence-corrected chi connectivity index (χ0v) is 26.3. The van der Waals surface area contributed by atoms with Crippen LogP contribution in [0.25, 0.3) is 22.2 Å². The average Bonchev–Trinajstić information content (AvgIpc) is 3.28. The van der Waals surface area contributed by atoms with Gasteiger partial charge in [-0.3, -0.25) is 19.3 Å². The average molecular weight is 654 g/mol. The molecule has 224 valence electrons. The van der Waals surface area contributed by atoms with Crippen molar-refractivity contribution < 1.29 is 23.9 Å². The molecule has 0 spiro atoms. The van der Waals surface area contributed by atoms with Gasteiger partial charge >= 0.3 is 5.97 Å². The number of nitrogens with zero attached hydrogens (tertiary/aromatic N) is 2. The van der Waals surface area contributed by atoms with Crippen LogP contribution < -0.4 is 4.90 Å². The van der Waals surface area contributed by atoms with Gasteiger partial charge in [-0.15, -0.1) is 0 Å². The maximum Gasteiger partial charge on any atom is 0.339 e. The van der Waals surface area contributed by atoms with E-state index in [4.69, 9.17) is 9.72 Å². The predicted molar refractivity (Wildman–Crippen MR) is 172 cm³/mol. The molecule has 6 rings (SSSR count). The standard InChI is InChI=1S/C36H33BrN2O5/c1-3-7-32(33(40)23-8-5-4-6-9-23)44-36(43)29-20-31(38-30-17-13-24(37)19-27(29)30)22-11-14-25(15-12-22)39-34(41)26-16-10-21(2)18-28(26)35(39)42/h4-6,8-9,11-15,17,19-21,26,28,32H,3,7,10,16,18H2,1-2H3. The molecule has 2 heterocycles. The van der Waals surface area contributed by atoms with E-state index < -0.39 is 12.1 Å². The van der Waals surface area contributed by atoms with Gasteiger partial charge < -0.3 is 4.74 Å². The molecule has 2 fully saturated rings. The smallest absolute Gasteiger partial charge is 0.339 e. The van der Waals surface area contributed by atoms with Crippen LogP contribution in [-0.4, -0.2) is 34.7 Å². The second-order valence-corrected chi connectivity index (χ2v) is 12.7. The number of hydrogen-bond donors (Lipinski definition) is 0. The lowest BCUT2D eigenvalue weighted by molar-refractivity contribution is -0.122. The van der Waals surface area contributed by atoms with Gasteiger partial charge in [0, 0.05) is 21.0 Å². The first-order chi connectivity index (χ1) is 21.2. The van der Waals surface area contributed by atoms with Crippen molar-refractivity contribution in [2.45, 2.75) is 52.1 Å². The van der Waals surface area contributed by atoms with Crippen LogP contribution in [0.4, 0.5) is 5.69 Å². The molecule has 2 aliphatic rings. The van der Waals surface area contributed by atoms with E-state index in [9.17, 15) is 19.2 Å². The Bertz CT molecular complexity index is 1750. The number of amides is 2. The van der Waals surface area contributed by atoms with Crippen molar-refractivity contribution in [3.05, 3.63) is 94.5 Å². The number of ether oxygens (including phenoxy) is 1. The summed E-state index contributed by atoms with van der Waals surface area (Å²) in [4.78, 5) is 59.5. The first kappa shape index (κ1) is 29.9. The molecule has 4 unspecified atom stereocenters. The highest BCUT2D eigenvalue weighted by Crippen LogP contribution is 2.42. The van der Waals surface area contributed by atoms with E-state index in [1.807, 2.05) is 31.2 Å². The molecular weight excluding hydrogens is 620 g/mol. The summed E-state index contributed by atoms with van der Waals surface area (Å²) in [7, 11) is 0. The van der Waals surface area contributed by atoms with Gasteiger partial charge in [-0.2, -0.15) is 0 Å². The highest BCUT2D eigenvalue weighted by atomic mass is 79.9. The number of esters is 1. The first-order valence-electron chi connectivity index (χ1n) is 15.1. The molecule has 8 heteroatoms. The van der Waals surface area contributed by atoms with Crippen LogP contribution in [0.15, 0.2) is 83.3 Å². The van der Waals surface area contributed by atoms with Gasteiger partial charge in [0.05, 0.1) is 34.3 Å². The van der Waals surface area contributed by atoms with Gasteiger partial charge in [-0.25, -0.2) is 9.78 Å². The Labute approximate surface area is 264 Å². The van der Waals surface area contributed by atoms with Crippen molar-refractivity contribution in [3.63, 3.8) is 0 Å². The minimum Gasteiger partial charge on any atom is -0.450 e. The largest absolute Gasteiger partial charge is 0.450 e. The van der Waals surface area contributed by atoms with E-state index in [0.29, 0.717) is 57.7 Å². The van der Waals surface area contributed by atoms with Crippen LogP contribution in [0.1, 0.15) is 66.7 Å². The first-order valence-corrected chi connectivity index (χ1v) is 15.9. The molecule has 1 aliphatic heterocycles. The van der Waals surface area contributed by atoms with E-state index in [0.717, 1.165) is 23.7 Å². The number of anilines is 1. The Morgan fingerprint density at radius 2 is 1.68 bits per heavy atom. The zero-order valence-electron chi connectivity index (χ0n) is 24.7. The van der Waals surface area contributed by atoms with Crippen LogP contribution in [0, 0.1) is 17.8 Å². The number of ketones is 1. The highest BCUT2D eigenvalue weighted by molar-refractivity contribution is 9.10. The SMILES string of the molecule is CCCC(OC(=O)c1cc(-c2ccc(N3C(=O)C4CCC(C)CC4C3=O)cc2)nc2ccc(Br)cc12)C(=O)c1ccccc1. The topological polar surface area (TPSA) is 93.6 Å². The number of benzene rings is 3. The van der Waals surface area contributed by atoms with E-state index in [2.05, 4.69) is 22.9 Å². The number of carbonyl (C=O) groups excluding carboxylic acids is 4. The van der Waals surface area contributed by atoms with E-state index in [1.165, 1.54) is 4.90 Å². The Kier molecular flexibility index (Phi) is 8.45. The van der Waals surface area contributed by atoms with Crippen molar-refractivity contribution in [2.75, 3.05) is 4.90 Å². The van der Waals surface area contributed by atoms with Crippen molar-refractivity contribution >= 4 is 56.1 Å². The lowest BCUT2D eigenvalue weighted by Gasteiger charge is -2.25.